The fourth-order valence-electron chi connectivity index (χ4n) is 1.67. The van der Waals surface area contributed by atoms with Crippen molar-refractivity contribution in [3.8, 4) is 5.75 Å². The minimum Gasteiger partial charge on any atom is -0.495 e. The van der Waals surface area contributed by atoms with Gasteiger partial charge in [0.25, 0.3) is 0 Å². The van der Waals surface area contributed by atoms with E-state index in [9.17, 15) is 27.5 Å². The standard InChI is InChI=1S/C15H21ClFNO3.C2HF3O2/c1-14(2,13(19)20)15(3,4)18-8-9-6-12(21-5)10(16)7-11(9)17;3-2(4,5)1(6)7/h6-7,18H,8H2,1-5H3,(H,19,20);(H,6,7). The van der Waals surface area contributed by atoms with E-state index >= 15 is 0 Å². The molecule has 0 atom stereocenters. The van der Waals surface area contributed by atoms with Crippen LogP contribution in [0.2, 0.25) is 5.02 Å². The minimum absolute atomic E-state index is 0.170. The highest BCUT2D eigenvalue weighted by Gasteiger charge is 2.43. The molecule has 0 aliphatic heterocycles. The topological polar surface area (TPSA) is 95.9 Å². The highest BCUT2D eigenvalue weighted by atomic mass is 35.5. The molecule has 1 aromatic rings. The molecule has 1 aromatic carbocycles. The van der Waals surface area contributed by atoms with Crippen LogP contribution in [0.25, 0.3) is 0 Å². The highest BCUT2D eigenvalue weighted by Crippen LogP contribution is 2.32. The molecule has 0 aromatic heterocycles. The Morgan fingerprint density at radius 1 is 1.11 bits per heavy atom. The first-order chi connectivity index (χ1) is 12.5. The monoisotopic (exact) mass is 431 g/mol. The Labute approximate surface area is 164 Å². The zero-order valence-electron chi connectivity index (χ0n) is 15.9. The summed E-state index contributed by atoms with van der Waals surface area (Å²) in [6.07, 6.45) is -5.08. The van der Waals surface area contributed by atoms with Gasteiger partial charge in [0, 0.05) is 17.6 Å². The van der Waals surface area contributed by atoms with Crippen LogP contribution in [0.4, 0.5) is 17.6 Å². The third-order valence-corrected chi connectivity index (χ3v) is 4.68. The van der Waals surface area contributed by atoms with Crippen molar-refractivity contribution >= 4 is 23.5 Å². The van der Waals surface area contributed by atoms with Crippen LogP contribution in [0.3, 0.4) is 0 Å². The second-order valence-corrected chi connectivity index (χ2v) is 7.20. The zero-order valence-corrected chi connectivity index (χ0v) is 16.6. The highest BCUT2D eigenvalue weighted by molar-refractivity contribution is 6.32. The first kappa shape index (κ1) is 25.9. The Morgan fingerprint density at radius 2 is 1.57 bits per heavy atom. The second kappa shape index (κ2) is 9.42. The van der Waals surface area contributed by atoms with E-state index < -0.39 is 34.9 Å². The lowest BCUT2D eigenvalue weighted by atomic mass is 9.74. The lowest BCUT2D eigenvalue weighted by Gasteiger charge is -2.39. The summed E-state index contributed by atoms with van der Waals surface area (Å²) in [4.78, 5) is 20.2. The molecule has 0 saturated heterocycles. The van der Waals surface area contributed by atoms with Gasteiger partial charge in [0.2, 0.25) is 0 Å². The lowest BCUT2D eigenvalue weighted by molar-refractivity contribution is -0.192. The summed E-state index contributed by atoms with van der Waals surface area (Å²) in [5, 5.41) is 19.7. The maximum atomic E-state index is 13.9. The molecule has 6 nitrogen and oxygen atoms in total. The van der Waals surface area contributed by atoms with E-state index in [1.165, 1.54) is 19.2 Å². The Kier molecular flexibility index (Phi) is 8.72. The number of halogens is 5. The molecule has 0 saturated carbocycles. The van der Waals surface area contributed by atoms with Gasteiger partial charge in [0.05, 0.1) is 17.5 Å². The van der Waals surface area contributed by atoms with Gasteiger partial charge in [0.1, 0.15) is 11.6 Å². The van der Waals surface area contributed by atoms with Crippen molar-refractivity contribution in [1.29, 1.82) is 0 Å². The molecule has 3 N–H and O–H groups in total. The number of carbonyl (C=O) groups is 2. The van der Waals surface area contributed by atoms with E-state index in [-0.39, 0.29) is 11.6 Å². The molecule has 1 rings (SSSR count). The van der Waals surface area contributed by atoms with Crippen LogP contribution in [0, 0.1) is 11.2 Å². The van der Waals surface area contributed by atoms with Gasteiger partial charge >= 0.3 is 18.1 Å². The van der Waals surface area contributed by atoms with Gasteiger partial charge in [-0.05, 0) is 39.8 Å². The van der Waals surface area contributed by atoms with E-state index in [1.807, 2.05) is 0 Å². The van der Waals surface area contributed by atoms with Crippen molar-refractivity contribution in [1.82, 2.24) is 5.32 Å². The molecule has 0 amide bonds. The van der Waals surface area contributed by atoms with Crippen LogP contribution >= 0.6 is 11.6 Å². The van der Waals surface area contributed by atoms with Gasteiger partial charge in [0.15, 0.2) is 0 Å². The minimum atomic E-state index is -5.08. The largest absolute Gasteiger partial charge is 0.495 e. The molecule has 28 heavy (non-hydrogen) atoms. The van der Waals surface area contributed by atoms with Crippen LogP contribution in [-0.2, 0) is 16.1 Å². The number of nitrogens with one attached hydrogen (secondary N) is 1. The third-order valence-electron chi connectivity index (χ3n) is 4.38. The average molecular weight is 432 g/mol. The van der Waals surface area contributed by atoms with Crippen molar-refractivity contribution in [2.75, 3.05) is 7.11 Å². The van der Waals surface area contributed by atoms with Gasteiger partial charge in [-0.3, -0.25) is 4.79 Å². The van der Waals surface area contributed by atoms with Crippen LogP contribution < -0.4 is 10.1 Å². The molecule has 160 valence electrons. The van der Waals surface area contributed by atoms with Crippen molar-refractivity contribution in [2.45, 2.75) is 46.0 Å². The smallest absolute Gasteiger partial charge is 0.490 e. The zero-order chi connectivity index (χ0) is 22.5. The van der Waals surface area contributed by atoms with E-state index in [1.54, 1.807) is 27.7 Å². The van der Waals surface area contributed by atoms with E-state index in [4.69, 9.17) is 26.2 Å². The van der Waals surface area contributed by atoms with Crippen LogP contribution in [0.5, 0.6) is 5.75 Å². The molecule has 11 heteroatoms. The fraction of sp³-hybridized carbons (Fsp3) is 0.529. The van der Waals surface area contributed by atoms with Gasteiger partial charge in [-0.1, -0.05) is 11.6 Å². The SMILES string of the molecule is COc1cc(CNC(C)(C)C(C)(C)C(=O)O)c(F)cc1Cl.O=C(O)C(F)(F)F. The first-order valence-electron chi connectivity index (χ1n) is 7.77. The number of hydrogen-bond acceptors (Lipinski definition) is 4. The molecule has 0 unspecified atom stereocenters. The summed E-state index contributed by atoms with van der Waals surface area (Å²) in [5.74, 6) is -3.76. The van der Waals surface area contributed by atoms with E-state index in [0.717, 1.165) is 0 Å². The van der Waals surface area contributed by atoms with Crippen molar-refractivity contribution in [2.24, 2.45) is 5.41 Å². The van der Waals surface area contributed by atoms with Gasteiger partial charge in [-0.15, -0.1) is 0 Å². The van der Waals surface area contributed by atoms with Crippen LogP contribution in [0.1, 0.15) is 33.3 Å². The number of carboxylic acid groups (broad SMARTS) is 2. The number of aliphatic carboxylic acids is 2. The summed E-state index contributed by atoms with van der Waals surface area (Å²) >= 11 is 5.84. The summed E-state index contributed by atoms with van der Waals surface area (Å²) in [7, 11) is 1.45. The molecule has 0 fully saturated rings. The van der Waals surface area contributed by atoms with Crippen LogP contribution in [-0.4, -0.2) is 41.0 Å². The number of benzene rings is 1. The molecule has 0 radical (unpaired) electrons. The van der Waals surface area contributed by atoms with Gasteiger partial charge in [-0.25, -0.2) is 9.18 Å². The van der Waals surface area contributed by atoms with Crippen molar-refractivity contribution in [3.05, 3.63) is 28.5 Å². The Hall–Kier alpha value is -2.07. The van der Waals surface area contributed by atoms with Crippen molar-refractivity contribution in [3.63, 3.8) is 0 Å². The Balaban J connectivity index is 0.000000887. The van der Waals surface area contributed by atoms with Crippen molar-refractivity contribution < 1.29 is 42.1 Å². The van der Waals surface area contributed by atoms with Crippen LogP contribution in [0.15, 0.2) is 12.1 Å². The number of hydrogen-bond donors (Lipinski definition) is 3. The predicted octanol–water partition coefficient (Wildman–Crippen LogP) is 4.10. The maximum Gasteiger partial charge on any atom is 0.490 e. The normalized spacial score (nSPS) is 12.1. The summed E-state index contributed by atoms with van der Waals surface area (Å²) in [5.41, 5.74) is -1.39. The molecule has 0 aliphatic rings. The van der Waals surface area contributed by atoms with E-state index in [0.29, 0.717) is 11.3 Å². The maximum absolute atomic E-state index is 13.9. The van der Waals surface area contributed by atoms with E-state index in [2.05, 4.69) is 5.32 Å². The molecule has 0 aliphatic carbocycles. The number of alkyl halides is 3. The number of carboxylic acids is 2. The molecular weight excluding hydrogens is 410 g/mol. The number of rotatable bonds is 6. The second-order valence-electron chi connectivity index (χ2n) is 6.79. The first-order valence-corrected chi connectivity index (χ1v) is 8.15. The average Bonchev–Trinajstić information content (AvgIpc) is 2.53. The Bertz CT molecular complexity index is 720. The summed E-state index contributed by atoms with van der Waals surface area (Å²) in [6, 6.07) is 2.70. The number of ether oxygens (including phenoxy) is 1. The molecule has 0 spiro atoms. The fourth-order valence-corrected chi connectivity index (χ4v) is 1.90. The molecule has 0 bridgehead atoms. The van der Waals surface area contributed by atoms with Gasteiger partial charge < -0.3 is 20.3 Å². The summed E-state index contributed by atoms with van der Waals surface area (Å²) in [6.45, 7) is 6.96. The third kappa shape index (κ3) is 6.83. The molecular formula is C17H22ClF4NO5. The quantitative estimate of drug-likeness (QED) is 0.587. The number of methoxy groups -OCH3 is 1. The Morgan fingerprint density at radius 3 is 1.93 bits per heavy atom. The summed E-state index contributed by atoms with van der Waals surface area (Å²) < 4.78 is 50.7. The molecule has 0 heterocycles. The predicted molar refractivity (Wildman–Crippen MR) is 94.0 cm³/mol. The van der Waals surface area contributed by atoms with Gasteiger partial charge in [-0.2, -0.15) is 13.2 Å². The lowest BCUT2D eigenvalue weighted by Crippen LogP contribution is -2.54.